The van der Waals surface area contributed by atoms with Crippen LogP contribution in [-0.4, -0.2) is 65.2 Å². The summed E-state index contributed by atoms with van der Waals surface area (Å²) in [7, 11) is 1.57. The minimum absolute atomic E-state index is 0.00658. The number of aromatic nitrogens is 3. The Morgan fingerprint density at radius 2 is 2.28 bits per heavy atom. The molecule has 2 aromatic heterocycles. The fraction of sp³-hybridized carbons (Fsp3) is 0.550. The molecule has 1 atom stereocenters. The van der Waals surface area contributed by atoms with E-state index < -0.39 is 0 Å². The molecule has 3 heterocycles. The highest BCUT2D eigenvalue weighted by Crippen LogP contribution is 2.26. The molecule has 1 aliphatic rings. The summed E-state index contributed by atoms with van der Waals surface area (Å²) in [5, 5.41) is 7.00. The molecule has 29 heavy (non-hydrogen) atoms. The summed E-state index contributed by atoms with van der Waals surface area (Å²) >= 11 is 0. The summed E-state index contributed by atoms with van der Waals surface area (Å²) < 4.78 is 10.5. The van der Waals surface area contributed by atoms with Crippen LogP contribution in [0.4, 0.5) is 0 Å². The summed E-state index contributed by atoms with van der Waals surface area (Å²) in [5.74, 6) is 1.02. The van der Waals surface area contributed by atoms with Crippen molar-refractivity contribution >= 4 is 11.8 Å². The number of methoxy groups -OCH3 is 1. The third-order valence-corrected chi connectivity index (χ3v) is 4.99. The van der Waals surface area contributed by atoms with Gasteiger partial charge >= 0.3 is 0 Å². The van der Waals surface area contributed by atoms with E-state index in [1.54, 1.807) is 24.4 Å². The Hall–Kier alpha value is -2.81. The lowest BCUT2D eigenvalue weighted by molar-refractivity contribution is -0.132. The average Bonchev–Trinajstić information content (AvgIpc) is 3.22. The first-order chi connectivity index (χ1) is 14.2. The number of hydrogen-bond acceptors (Lipinski definition) is 7. The summed E-state index contributed by atoms with van der Waals surface area (Å²) in [6, 6.07) is 3.70. The van der Waals surface area contributed by atoms with Gasteiger partial charge in [0, 0.05) is 57.0 Å². The molecule has 9 heteroatoms. The van der Waals surface area contributed by atoms with Crippen LogP contribution >= 0.6 is 0 Å². The molecule has 0 saturated carbocycles. The molecular formula is C20H27N5O4. The fourth-order valence-corrected chi connectivity index (χ4v) is 3.35. The van der Waals surface area contributed by atoms with Crippen LogP contribution in [0.1, 0.15) is 43.9 Å². The van der Waals surface area contributed by atoms with Crippen LogP contribution in [0.25, 0.3) is 11.4 Å². The maximum Gasteiger partial charge on any atom is 0.230 e. The van der Waals surface area contributed by atoms with Crippen LogP contribution in [-0.2, 0) is 14.3 Å². The van der Waals surface area contributed by atoms with E-state index >= 15 is 0 Å². The molecule has 3 rings (SSSR count). The Bertz CT molecular complexity index is 795. The minimum Gasteiger partial charge on any atom is -0.384 e. The molecule has 1 aliphatic heterocycles. The number of carbonyl (C=O) groups excluding carboxylic acids is 2. The summed E-state index contributed by atoms with van der Waals surface area (Å²) in [6.07, 6.45) is 6.29. The Kier molecular flexibility index (Phi) is 7.69. The first-order valence-electron chi connectivity index (χ1n) is 9.94. The van der Waals surface area contributed by atoms with Crippen molar-refractivity contribution in [3.05, 3.63) is 30.4 Å². The number of amides is 2. The van der Waals surface area contributed by atoms with Gasteiger partial charge in [-0.3, -0.25) is 14.6 Å². The van der Waals surface area contributed by atoms with Crippen molar-refractivity contribution in [3.63, 3.8) is 0 Å². The molecule has 0 aromatic carbocycles. The third kappa shape index (κ3) is 6.08. The van der Waals surface area contributed by atoms with Crippen LogP contribution in [0.5, 0.6) is 0 Å². The normalized spacial score (nSPS) is 18.7. The Morgan fingerprint density at radius 3 is 3.07 bits per heavy atom. The van der Waals surface area contributed by atoms with E-state index in [0.29, 0.717) is 57.2 Å². The Labute approximate surface area is 169 Å². The van der Waals surface area contributed by atoms with Gasteiger partial charge in [0.2, 0.25) is 23.5 Å². The first-order valence-corrected chi connectivity index (χ1v) is 9.94. The smallest absolute Gasteiger partial charge is 0.230 e. The molecule has 1 saturated heterocycles. The second-order valence-electron chi connectivity index (χ2n) is 7.05. The molecule has 2 amide bonds. The van der Waals surface area contributed by atoms with Crippen molar-refractivity contribution in [2.24, 2.45) is 0 Å². The number of nitrogens with zero attached hydrogens (tertiary/aromatic N) is 4. The largest absolute Gasteiger partial charge is 0.384 e. The van der Waals surface area contributed by atoms with Crippen molar-refractivity contribution in [2.75, 3.05) is 33.4 Å². The lowest BCUT2D eigenvalue weighted by Crippen LogP contribution is -2.36. The second-order valence-corrected chi connectivity index (χ2v) is 7.05. The van der Waals surface area contributed by atoms with E-state index in [1.807, 2.05) is 12.1 Å². The zero-order valence-electron chi connectivity index (χ0n) is 16.7. The fourth-order valence-electron chi connectivity index (χ4n) is 3.35. The third-order valence-electron chi connectivity index (χ3n) is 4.99. The standard InChI is InChI=1S/C20H27N5O4/c1-28-13-8-18(27)25-11-3-5-15(6-10-22-17(26)7-12-25)20-23-19(24-29-20)16-4-2-9-21-14-16/h2,4,9,14-15H,3,5-8,10-13H2,1H3,(H,22,26). The number of nitrogens with one attached hydrogen (secondary N) is 1. The van der Waals surface area contributed by atoms with Crippen LogP contribution < -0.4 is 5.32 Å². The molecule has 0 spiro atoms. The molecule has 1 N–H and O–H groups in total. The maximum atomic E-state index is 12.4. The van der Waals surface area contributed by atoms with Gasteiger partial charge in [0.1, 0.15) is 0 Å². The number of hydrogen-bond donors (Lipinski definition) is 1. The van der Waals surface area contributed by atoms with Crippen LogP contribution in [0, 0.1) is 0 Å². The second kappa shape index (κ2) is 10.7. The highest BCUT2D eigenvalue weighted by molar-refractivity contribution is 5.79. The molecule has 1 fully saturated rings. The van der Waals surface area contributed by atoms with E-state index in [1.165, 1.54) is 0 Å². The highest BCUT2D eigenvalue weighted by Gasteiger charge is 2.22. The molecule has 0 bridgehead atoms. The van der Waals surface area contributed by atoms with Crippen LogP contribution in [0.3, 0.4) is 0 Å². The highest BCUT2D eigenvalue weighted by atomic mass is 16.5. The monoisotopic (exact) mass is 401 g/mol. The zero-order valence-corrected chi connectivity index (χ0v) is 16.7. The topological polar surface area (TPSA) is 110 Å². The van der Waals surface area contributed by atoms with Gasteiger partial charge in [0.25, 0.3) is 0 Å². The van der Waals surface area contributed by atoms with Crippen molar-refractivity contribution in [3.8, 4) is 11.4 Å². The van der Waals surface area contributed by atoms with Gasteiger partial charge in [0.05, 0.1) is 13.0 Å². The molecule has 2 aromatic rings. The van der Waals surface area contributed by atoms with E-state index in [0.717, 1.165) is 18.4 Å². The van der Waals surface area contributed by atoms with E-state index in [-0.39, 0.29) is 17.7 Å². The maximum absolute atomic E-state index is 12.4. The van der Waals surface area contributed by atoms with Gasteiger partial charge in [-0.2, -0.15) is 4.98 Å². The van der Waals surface area contributed by atoms with Crippen molar-refractivity contribution in [1.29, 1.82) is 0 Å². The lowest BCUT2D eigenvalue weighted by Gasteiger charge is -2.22. The Morgan fingerprint density at radius 1 is 1.38 bits per heavy atom. The first kappa shape index (κ1) is 20.9. The Balaban J connectivity index is 1.68. The number of ether oxygens (including phenoxy) is 1. The van der Waals surface area contributed by atoms with Gasteiger partial charge in [0.15, 0.2) is 0 Å². The van der Waals surface area contributed by atoms with Crippen molar-refractivity contribution in [1.82, 2.24) is 25.3 Å². The van der Waals surface area contributed by atoms with Crippen molar-refractivity contribution < 1.29 is 18.8 Å². The van der Waals surface area contributed by atoms with Gasteiger partial charge < -0.3 is 19.5 Å². The summed E-state index contributed by atoms with van der Waals surface area (Å²) in [5.41, 5.74) is 0.794. The molecule has 1 unspecified atom stereocenters. The molecule has 0 aliphatic carbocycles. The SMILES string of the molecule is COCCC(=O)N1CCCC(c2nc(-c3cccnc3)no2)CCNC(=O)CC1. The number of carbonyl (C=O) groups is 2. The van der Waals surface area contributed by atoms with E-state index in [2.05, 4.69) is 20.4 Å². The molecular weight excluding hydrogens is 374 g/mol. The molecule has 9 nitrogen and oxygen atoms in total. The van der Waals surface area contributed by atoms with Crippen LogP contribution in [0.15, 0.2) is 29.0 Å². The predicted octanol–water partition coefficient (Wildman–Crippen LogP) is 1.77. The van der Waals surface area contributed by atoms with Gasteiger partial charge in [-0.1, -0.05) is 5.16 Å². The van der Waals surface area contributed by atoms with Gasteiger partial charge in [-0.25, -0.2) is 0 Å². The molecule has 0 radical (unpaired) electrons. The van der Waals surface area contributed by atoms with Crippen molar-refractivity contribution in [2.45, 2.75) is 38.0 Å². The minimum atomic E-state index is -0.0585. The number of rotatable bonds is 5. The zero-order chi connectivity index (χ0) is 20.5. The summed E-state index contributed by atoms with van der Waals surface area (Å²) in [4.78, 5) is 34.9. The summed E-state index contributed by atoms with van der Waals surface area (Å²) in [6.45, 7) is 1.93. The lowest BCUT2D eigenvalue weighted by atomic mass is 9.99. The average molecular weight is 401 g/mol. The quantitative estimate of drug-likeness (QED) is 0.813. The number of pyridine rings is 1. The van der Waals surface area contributed by atoms with E-state index in [9.17, 15) is 9.59 Å². The van der Waals surface area contributed by atoms with Crippen LogP contribution in [0.2, 0.25) is 0 Å². The van der Waals surface area contributed by atoms with Gasteiger partial charge in [-0.15, -0.1) is 0 Å². The van der Waals surface area contributed by atoms with Gasteiger partial charge in [-0.05, 0) is 31.4 Å². The molecule has 156 valence electrons. The predicted molar refractivity (Wildman–Crippen MR) is 105 cm³/mol. The van der Waals surface area contributed by atoms with E-state index in [4.69, 9.17) is 9.26 Å².